The Kier molecular flexibility index (Phi) is 2.97. The lowest BCUT2D eigenvalue weighted by Crippen LogP contribution is -1.95. The van der Waals surface area contributed by atoms with E-state index in [9.17, 15) is 4.39 Å². The van der Waals surface area contributed by atoms with E-state index >= 15 is 0 Å². The van der Waals surface area contributed by atoms with Crippen molar-refractivity contribution in [3.63, 3.8) is 0 Å². The zero-order valence-corrected chi connectivity index (χ0v) is 10.1. The topological polar surface area (TPSA) is 35.0 Å². The lowest BCUT2D eigenvalue weighted by molar-refractivity contribution is 0.375. The summed E-state index contributed by atoms with van der Waals surface area (Å²) >= 11 is 4.77. The molecule has 0 bridgehead atoms. The minimum absolute atomic E-state index is 0.0503. The molecule has 2 rings (SSSR count). The van der Waals surface area contributed by atoms with Gasteiger partial charge in [0.15, 0.2) is 11.6 Å². The Bertz CT molecular complexity index is 489. The third kappa shape index (κ3) is 2.15. The summed E-state index contributed by atoms with van der Waals surface area (Å²) in [6.07, 6.45) is 1.32. The summed E-state index contributed by atoms with van der Waals surface area (Å²) in [5.74, 6) is -0.231. The van der Waals surface area contributed by atoms with Crippen molar-refractivity contribution in [2.45, 2.75) is 0 Å². The van der Waals surface area contributed by atoms with Crippen LogP contribution in [0.4, 0.5) is 4.39 Å². The summed E-state index contributed by atoms with van der Waals surface area (Å²) in [6, 6.07) is 3.70. The molecule has 2 aromatic rings. The highest BCUT2D eigenvalue weighted by molar-refractivity contribution is 9.11. The normalized spacial score (nSPS) is 10.3. The molecule has 0 amide bonds. The number of ether oxygens (including phenoxy) is 1. The molecular formula is C9H6BrFN2OS. The van der Waals surface area contributed by atoms with Crippen LogP contribution in [0.1, 0.15) is 0 Å². The van der Waals surface area contributed by atoms with Crippen LogP contribution >= 0.6 is 27.3 Å². The van der Waals surface area contributed by atoms with E-state index in [0.717, 1.165) is 8.66 Å². The smallest absolute Gasteiger partial charge is 0.258 e. The van der Waals surface area contributed by atoms with Gasteiger partial charge >= 0.3 is 0 Å². The van der Waals surface area contributed by atoms with E-state index in [4.69, 9.17) is 4.74 Å². The second kappa shape index (κ2) is 4.24. The molecule has 2 heterocycles. The van der Waals surface area contributed by atoms with Crippen LogP contribution in [0.5, 0.6) is 5.75 Å². The average Bonchev–Trinajstić information content (AvgIpc) is 2.65. The molecular weight excluding hydrogens is 283 g/mol. The molecule has 0 aliphatic carbocycles. The summed E-state index contributed by atoms with van der Waals surface area (Å²) in [4.78, 5) is 8.53. The fraction of sp³-hybridized carbons (Fsp3) is 0.111. The average molecular weight is 289 g/mol. The number of hydrogen-bond donors (Lipinski definition) is 0. The minimum atomic E-state index is -0.646. The van der Waals surface area contributed by atoms with E-state index in [1.807, 2.05) is 12.1 Å². The van der Waals surface area contributed by atoms with Crippen molar-refractivity contribution in [1.29, 1.82) is 0 Å². The Morgan fingerprint density at radius 2 is 2.27 bits per heavy atom. The predicted molar refractivity (Wildman–Crippen MR) is 59.6 cm³/mol. The van der Waals surface area contributed by atoms with Gasteiger partial charge in [0, 0.05) is 0 Å². The van der Waals surface area contributed by atoms with Crippen LogP contribution in [0.25, 0.3) is 10.7 Å². The number of hydrogen-bond acceptors (Lipinski definition) is 4. The highest BCUT2D eigenvalue weighted by atomic mass is 79.9. The largest absolute Gasteiger partial charge is 0.491 e. The molecule has 0 atom stereocenters. The monoisotopic (exact) mass is 288 g/mol. The van der Waals surface area contributed by atoms with Crippen LogP contribution in [-0.2, 0) is 0 Å². The molecule has 0 aromatic carbocycles. The van der Waals surface area contributed by atoms with E-state index < -0.39 is 5.95 Å². The number of aromatic nitrogens is 2. The van der Waals surface area contributed by atoms with Crippen molar-refractivity contribution in [2.24, 2.45) is 0 Å². The third-order valence-electron chi connectivity index (χ3n) is 1.72. The molecule has 0 aliphatic rings. The Morgan fingerprint density at radius 3 is 2.80 bits per heavy atom. The fourth-order valence-electron chi connectivity index (χ4n) is 1.04. The first kappa shape index (κ1) is 10.5. The second-order valence-corrected chi connectivity index (χ2v) is 5.12. The maximum Gasteiger partial charge on any atom is 0.258 e. The van der Waals surface area contributed by atoms with Crippen LogP contribution in [0.15, 0.2) is 22.1 Å². The van der Waals surface area contributed by atoms with Gasteiger partial charge in [-0.25, -0.2) is 4.98 Å². The van der Waals surface area contributed by atoms with E-state index in [2.05, 4.69) is 25.9 Å². The Balaban J connectivity index is 2.42. The molecule has 0 N–H and O–H groups in total. The first-order valence-corrected chi connectivity index (χ1v) is 5.64. The lowest BCUT2D eigenvalue weighted by atomic mass is 10.4. The lowest BCUT2D eigenvalue weighted by Gasteiger charge is -2.00. The maximum absolute atomic E-state index is 13.3. The van der Waals surface area contributed by atoms with Crippen molar-refractivity contribution in [2.75, 3.05) is 7.11 Å². The van der Waals surface area contributed by atoms with E-state index in [1.165, 1.54) is 24.6 Å². The third-order valence-corrected chi connectivity index (χ3v) is 3.34. The summed E-state index contributed by atoms with van der Waals surface area (Å²) in [7, 11) is 1.38. The van der Waals surface area contributed by atoms with Gasteiger partial charge in [-0.1, -0.05) is 0 Å². The van der Waals surface area contributed by atoms with E-state index in [1.54, 1.807) is 0 Å². The first-order chi connectivity index (χ1) is 7.20. The number of nitrogens with zero attached hydrogens (tertiary/aromatic N) is 2. The Morgan fingerprint density at radius 1 is 1.47 bits per heavy atom. The second-order valence-electron chi connectivity index (χ2n) is 2.66. The minimum Gasteiger partial charge on any atom is -0.491 e. The summed E-state index contributed by atoms with van der Waals surface area (Å²) in [6.45, 7) is 0. The number of halogens is 2. The van der Waals surface area contributed by atoms with Crippen molar-refractivity contribution in [3.05, 3.63) is 28.1 Å². The number of rotatable bonds is 2. The maximum atomic E-state index is 13.3. The highest BCUT2D eigenvalue weighted by Crippen LogP contribution is 2.29. The van der Waals surface area contributed by atoms with Gasteiger partial charge in [0.05, 0.1) is 22.0 Å². The van der Waals surface area contributed by atoms with Gasteiger partial charge in [-0.3, -0.25) is 0 Å². The summed E-state index contributed by atoms with van der Waals surface area (Å²) in [5, 5.41) is 0. The van der Waals surface area contributed by atoms with Gasteiger partial charge in [0.2, 0.25) is 0 Å². The number of thiophene rings is 1. The predicted octanol–water partition coefficient (Wildman–Crippen LogP) is 3.12. The molecule has 0 saturated carbocycles. The standard InChI is InChI=1S/C9H6BrFN2OS/c1-14-5-4-12-9(13-8(5)11)6-2-3-7(10)15-6/h2-4H,1H3. The van der Waals surface area contributed by atoms with Crippen molar-refractivity contribution in [1.82, 2.24) is 9.97 Å². The van der Waals surface area contributed by atoms with Gasteiger partial charge in [-0.15, -0.1) is 11.3 Å². The molecule has 78 valence electrons. The SMILES string of the molecule is COc1cnc(-c2ccc(Br)s2)nc1F. The molecule has 15 heavy (non-hydrogen) atoms. The first-order valence-electron chi connectivity index (χ1n) is 4.03. The molecule has 2 aromatic heterocycles. The quantitative estimate of drug-likeness (QED) is 0.797. The summed E-state index contributed by atoms with van der Waals surface area (Å²) < 4.78 is 19.0. The van der Waals surface area contributed by atoms with Crippen LogP contribution in [0.2, 0.25) is 0 Å². The Hall–Kier alpha value is -1.01. The molecule has 0 radical (unpaired) electrons. The summed E-state index contributed by atoms with van der Waals surface area (Å²) in [5.41, 5.74) is 0. The highest BCUT2D eigenvalue weighted by Gasteiger charge is 2.09. The van der Waals surface area contributed by atoms with Gasteiger partial charge in [0.25, 0.3) is 5.95 Å². The molecule has 0 saturated heterocycles. The zero-order chi connectivity index (χ0) is 10.8. The van der Waals surface area contributed by atoms with Crippen LogP contribution in [0.3, 0.4) is 0 Å². The number of methoxy groups -OCH3 is 1. The van der Waals surface area contributed by atoms with Gasteiger partial charge in [-0.05, 0) is 28.1 Å². The van der Waals surface area contributed by atoms with Crippen molar-refractivity contribution in [3.8, 4) is 16.5 Å². The van der Waals surface area contributed by atoms with E-state index in [0.29, 0.717) is 5.82 Å². The molecule has 6 heteroatoms. The van der Waals surface area contributed by atoms with Gasteiger partial charge < -0.3 is 4.74 Å². The van der Waals surface area contributed by atoms with Crippen LogP contribution in [0, 0.1) is 5.95 Å². The fourth-order valence-corrected chi connectivity index (χ4v) is 2.37. The Labute approximate surface area is 98.1 Å². The van der Waals surface area contributed by atoms with Crippen LogP contribution in [-0.4, -0.2) is 17.1 Å². The van der Waals surface area contributed by atoms with Crippen LogP contribution < -0.4 is 4.74 Å². The van der Waals surface area contributed by atoms with Crippen molar-refractivity contribution < 1.29 is 9.13 Å². The molecule has 0 fully saturated rings. The zero-order valence-electron chi connectivity index (χ0n) is 7.70. The molecule has 0 aliphatic heterocycles. The van der Waals surface area contributed by atoms with E-state index in [-0.39, 0.29) is 5.75 Å². The molecule has 0 spiro atoms. The van der Waals surface area contributed by atoms with Gasteiger partial charge in [0.1, 0.15) is 0 Å². The van der Waals surface area contributed by atoms with Crippen molar-refractivity contribution >= 4 is 27.3 Å². The van der Waals surface area contributed by atoms with Gasteiger partial charge in [-0.2, -0.15) is 9.37 Å². The molecule has 0 unspecified atom stereocenters. The molecule has 3 nitrogen and oxygen atoms in total.